The van der Waals surface area contributed by atoms with Gasteiger partial charge >= 0.3 is 0 Å². The molecule has 1 N–H and O–H groups in total. The zero-order valence-electron chi connectivity index (χ0n) is 18.7. The minimum atomic E-state index is -3.79. The Labute approximate surface area is 198 Å². The number of likely N-dealkylation sites (N-methyl/N-ethyl adjacent to an activating group) is 1. The van der Waals surface area contributed by atoms with Crippen LogP contribution < -0.4 is 18.9 Å². The van der Waals surface area contributed by atoms with Crippen LogP contribution >= 0.6 is 0 Å². The minimum Gasteiger partial charge on any atom is -0.495 e. The highest BCUT2D eigenvalue weighted by Gasteiger charge is 2.17. The Kier molecular flexibility index (Phi) is 6.74. The Morgan fingerprint density at radius 3 is 2.56 bits per heavy atom. The summed E-state index contributed by atoms with van der Waals surface area (Å²) in [5.41, 5.74) is 1.97. The molecule has 176 valence electrons. The number of methoxy groups -OCH3 is 1. The fourth-order valence-electron chi connectivity index (χ4n) is 3.38. The Balaban J connectivity index is 1.38. The first-order valence-electron chi connectivity index (χ1n) is 10.4. The van der Waals surface area contributed by atoms with E-state index in [-0.39, 0.29) is 17.6 Å². The Bertz CT molecular complexity index is 1320. The van der Waals surface area contributed by atoms with Gasteiger partial charge in [0.1, 0.15) is 5.75 Å². The molecule has 8 nitrogen and oxygen atoms in total. The number of carbonyl (C=O) groups excluding carboxylic acids is 1. The molecule has 1 heterocycles. The van der Waals surface area contributed by atoms with Crippen molar-refractivity contribution in [3.8, 4) is 17.2 Å². The molecule has 9 heteroatoms. The zero-order chi connectivity index (χ0) is 24.1. The molecule has 1 aliphatic rings. The van der Waals surface area contributed by atoms with E-state index < -0.39 is 10.0 Å². The predicted molar refractivity (Wildman–Crippen MR) is 128 cm³/mol. The van der Waals surface area contributed by atoms with E-state index in [2.05, 4.69) is 4.72 Å². The van der Waals surface area contributed by atoms with E-state index in [1.165, 1.54) is 25.3 Å². The third-order valence-electron chi connectivity index (χ3n) is 5.19. The van der Waals surface area contributed by atoms with Crippen molar-refractivity contribution in [2.45, 2.75) is 11.4 Å². The summed E-state index contributed by atoms with van der Waals surface area (Å²) in [6.07, 6.45) is 3.09. The number of ether oxygens (including phenoxy) is 3. The highest BCUT2D eigenvalue weighted by molar-refractivity contribution is 7.92. The van der Waals surface area contributed by atoms with Gasteiger partial charge in [0.15, 0.2) is 11.5 Å². The van der Waals surface area contributed by atoms with Crippen LogP contribution in [-0.4, -0.2) is 40.2 Å². The van der Waals surface area contributed by atoms with Gasteiger partial charge in [-0.3, -0.25) is 9.52 Å². The van der Waals surface area contributed by atoms with Crippen molar-refractivity contribution in [3.05, 3.63) is 83.9 Å². The quantitative estimate of drug-likeness (QED) is 0.492. The van der Waals surface area contributed by atoms with E-state index >= 15 is 0 Å². The molecule has 0 unspecified atom stereocenters. The van der Waals surface area contributed by atoms with E-state index in [0.717, 1.165) is 5.56 Å². The van der Waals surface area contributed by atoms with Gasteiger partial charge < -0.3 is 19.1 Å². The number of rotatable bonds is 8. The first-order chi connectivity index (χ1) is 16.4. The van der Waals surface area contributed by atoms with Gasteiger partial charge in [0.05, 0.1) is 17.7 Å². The fraction of sp³-hybridized carbons (Fsp3) is 0.160. The molecule has 3 aromatic carbocycles. The second kappa shape index (κ2) is 9.88. The summed E-state index contributed by atoms with van der Waals surface area (Å²) in [6, 6.07) is 18.6. The van der Waals surface area contributed by atoms with Crippen LogP contribution in [0.15, 0.2) is 77.7 Å². The molecule has 1 aliphatic heterocycles. The molecule has 0 fully saturated rings. The van der Waals surface area contributed by atoms with Crippen LogP contribution in [-0.2, 0) is 21.4 Å². The van der Waals surface area contributed by atoms with Crippen molar-refractivity contribution in [3.63, 3.8) is 0 Å². The molecular formula is C25H24N2O6S. The molecule has 3 aromatic rings. The number of benzene rings is 3. The lowest BCUT2D eigenvalue weighted by Gasteiger charge is -2.15. The molecule has 34 heavy (non-hydrogen) atoms. The molecule has 4 rings (SSSR count). The fourth-order valence-corrected chi connectivity index (χ4v) is 4.45. The van der Waals surface area contributed by atoms with E-state index in [0.29, 0.717) is 35.0 Å². The number of para-hydroxylation sites is 2. The Morgan fingerprint density at radius 2 is 1.79 bits per heavy atom. The maximum atomic E-state index is 12.7. The summed E-state index contributed by atoms with van der Waals surface area (Å²) < 4.78 is 43.8. The minimum absolute atomic E-state index is 0.0989. The second-order valence-electron chi connectivity index (χ2n) is 7.59. The number of hydrogen-bond acceptors (Lipinski definition) is 6. The first-order valence-corrected chi connectivity index (χ1v) is 11.9. The number of amides is 1. The summed E-state index contributed by atoms with van der Waals surface area (Å²) in [7, 11) is -0.616. The summed E-state index contributed by atoms with van der Waals surface area (Å²) in [5, 5.41) is 0. The number of nitrogens with zero attached hydrogens (tertiary/aromatic N) is 1. The summed E-state index contributed by atoms with van der Waals surface area (Å²) in [5.74, 6) is 1.60. The lowest BCUT2D eigenvalue weighted by Crippen LogP contribution is -2.24. The monoisotopic (exact) mass is 480 g/mol. The van der Waals surface area contributed by atoms with Crippen LogP contribution in [0.4, 0.5) is 5.69 Å². The van der Waals surface area contributed by atoms with Gasteiger partial charge in [-0.15, -0.1) is 0 Å². The third kappa shape index (κ3) is 5.32. The van der Waals surface area contributed by atoms with Crippen molar-refractivity contribution < 1.29 is 27.4 Å². The molecular weight excluding hydrogens is 456 g/mol. The normalized spacial score (nSPS) is 12.5. The van der Waals surface area contributed by atoms with E-state index in [1.54, 1.807) is 54.4 Å². The second-order valence-corrected chi connectivity index (χ2v) is 9.27. The number of sulfonamides is 1. The van der Waals surface area contributed by atoms with Crippen molar-refractivity contribution in [2.24, 2.45) is 0 Å². The molecule has 0 atom stereocenters. The van der Waals surface area contributed by atoms with E-state index in [1.807, 2.05) is 18.2 Å². The molecule has 0 saturated carbocycles. The van der Waals surface area contributed by atoms with Crippen molar-refractivity contribution in [2.75, 3.05) is 25.7 Å². The molecule has 0 aliphatic carbocycles. The topological polar surface area (TPSA) is 94.2 Å². The molecule has 0 spiro atoms. The van der Waals surface area contributed by atoms with Gasteiger partial charge in [-0.05, 0) is 53.6 Å². The number of nitrogens with one attached hydrogen (secondary N) is 1. The van der Waals surface area contributed by atoms with Crippen LogP contribution in [0.25, 0.3) is 6.08 Å². The van der Waals surface area contributed by atoms with Crippen LogP contribution in [0, 0.1) is 0 Å². The van der Waals surface area contributed by atoms with Crippen LogP contribution in [0.1, 0.15) is 11.1 Å². The Morgan fingerprint density at radius 1 is 1.06 bits per heavy atom. The number of fused-ring (bicyclic) bond motifs is 1. The lowest BCUT2D eigenvalue weighted by molar-refractivity contribution is -0.125. The maximum Gasteiger partial charge on any atom is 0.262 e. The van der Waals surface area contributed by atoms with Crippen LogP contribution in [0.2, 0.25) is 0 Å². The first kappa shape index (κ1) is 23.2. The van der Waals surface area contributed by atoms with Gasteiger partial charge in [-0.25, -0.2) is 8.42 Å². The smallest absolute Gasteiger partial charge is 0.262 e. The van der Waals surface area contributed by atoms with Gasteiger partial charge in [0.25, 0.3) is 10.0 Å². The van der Waals surface area contributed by atoms with Gasteiger partial charge in [-0.2, -0.15) is 0 Å². The number of hydrogen-bond donors (Lipinski definition) is 1. The van der Waals surface area contributed by atoms with Gasteiger partial charge in [0.2, 0.25) is 12.7 Å². The van der Waals surface area contributed by atoms with Crippen molar-refractivity contribution in [1.82, 2.24) is 4.90 Å². The predicted octanol–water partition coefficient (Wildman–Crippen LogP) is 3.90. The average molecular weight is 481 g/mol. The van der Waals surface area contributed by atoms with E-state index in [9.17, 15) is 13.2 Å². The number of carbonyl (C=O) groups is 1. The summed E-state index contributed by atoms with van der Waals surface area (Å²) >= 11 is 0. The zero-order valence-corrected chi connectivity index (χ0v) is 19.5. The van der Waals surface area contributed by atoms with Gasteiger partial charge in [-0.1, -0.05) is 30.3 Å². The molecule has 1 amide bonds. The highest BCUT2D eigenvalue weighted by atomic mass is 32.2. The standard InChI is InChI=1S/C25H24N2O6S/c1-27(16-19-9-13-23-24(15-19)33-17-32-23)25(28)14-10-18-7-11-20(12-8-18)34(29,30)26-21-5-3-4-6-22(21)31-2/h3-15,26H,16-17H2,1-2H3/b14-10+. The number of anilines is 1. The molecule has 0 aromatic heterocycles. The third-order valence-corrected chi connectivity index (χ3v) is 6.57. The van der Waals surface area contributed by atoms with E-state index in [4.69, 9.17) is 14.2 Å². The van der Waals surface area contributed by atoms with Crippen molar-refractivity contribution in [1.29, 1.82) is 0 Å². The van der Waals surface area contributed by atoms with Gasteiger partial charge in [0, 0.05) is 19.7 Å². The maximum absolute atomic E-state index is 12.7. The SMILES string of the molecule is COc1ccccc1NS(=O)(=O)c1ccc(/C=C/C(=O)N(C)Cc2ccc3c(c2)OCO3)cc1. The van der Waals surface area contributed by atoms with Crippen LogP contribution in [0.3, 0.4) is 0 Å². The van der Waals surface area contributed by atoms with Crippen LogP contribution in [0.5, 0.6) is 17.2 Å². The molecule has 0 saturated heterocycles. The Hall–Kier alpha value is -3.98. The summed E-state index contributed by atoms with van der Waals surface area (Å²) in [4.78, 5) is 14.2. The van der Waals surface area contributed by atoms with Crippen molar-refractivity contribution >= 4 is 27.7 Å². The molecule has 0 bridgehead atoms. The molecule has 0 radical (unpaired) electrons. The summed E-state index contributed by atoms with van der Waals surface area (Å²) in [6.45, 7) is 0.610. The highest BCUT2D eigenvalue weighted by Crippen LogP contribution is 2.32. The average Bonchev–Trinajstić information content (AvgIpc) is 3.31. The lowest BCUT2D eigenvalue weighted by atomic mass is 10.2. The largest absolute Gasteiger partial charge is 0.495 e.